The van der Waals surface area contributed by atoms with Crippen molar-refractivity contribution < 1.29 is 19.1 Å². The van der Waals surface area contributed by atoms with Crippen LogP contribution in [0.25, 0.3) is 0 Å². The summed E-state index contributed by atoms with van der Waals surface area (Å²) in [6.45, 7) is 3.06. The van der Waals surface area contributed by atoms with Gasteiger partial charge in [-0.3, -0.25) is 9.59 Å². The number of nitrogens with one attached hydrogen (secondary N) is 1. The molecular formula is C27H32Cl2N2O4. The Morgan fingerprint density at radius 3 is 2.51 bits per heavy atom. The number of hydrogen-bond acceptors (Lipinski definition) is 4. The first-order chi connectivity index (χ1) is 16.9. The molecule has 2 aliphatic rings. The Kier molecular flexibility index (Phi) is 8.79. The maximum Gasteiger partial charge on any atom is 0.242 e. The predicted molar refractivity (Wildman–Crippen MR) is 137 cm³/mol. The van der Waals surface area contributed by atoms with Crippen molar-refractivity contribution in [1.82, 2.24) is 10.2 Å². The number of carbonyl (C=O) groups is 2. The van der Waals surface area contributed by atoms with E-state index in [1.54, 1.807) is 30.0 Å². The lowest BCUT2D eigenvalue weighted by molar-refractivity contribution is -0.141. The van der Waals surface area contributed by atoms with Crippen molar-refractivity contribution in [3.63, 3.8) is 0 Å². The Balaban J connectivity index is 1.47. The zero-order valence-corrected chi connectivity index (χ0v) is 21.5. The molecule has 1 aliphatic heterocycles. The average Bonchev–Trinajstić information content (AvgIpc) is 2.87. The van der Waals surface area contributed by atoms with Crippen LogP contribution in [0.2, 0.25) is 10.0 Å². The molecule has 8 heteroatoms. The van der Waals surface area contributed by atoms with Crippen LogP contribution in [0.3, 0.4) is 0 Å². The quantitative estimate of drug-likeness (QED) is 0.496. The molecule has 1 N–H and O–H groups in total. The third kappa shape index (κ3) is 6.83. The number of benzene rings is 2. The van der Waals surface area contributed by atoms with Gasteiger partial charge in [0.05, 0.1) is 0 Å². The van der Waals surface area contributed by atoms with E-state index in [1.807, 2.05) is 18.2 Å². The van der Waals surface area contributed by atoms with Crippen molar-refractivity contribution >= 4 is 35.0 Å². The lowest BCUT2D eigenvalue weighted by atomic mass is 9.95. The molecule has 35 heavy (non-hydrogen) atoms. The van der Waals surface area contributed by atoms with Gasteiger partial charge in [-0.05, 0) is 61.6 Å². The molecule has 0 saturated heterocycles. The summed E-state index contributed by atoms with van der Waals surface area (Å²) in [7, 11) is 0. The second-order valence-corrected chi connectivity index (χ2v) is 10.1. The molecule has 0 radical (unpaired) electrons. The van der Waals surface area contributed by atoms with Crippen LogP contribution in [0.5, 0.6) is 11.5 Å². The van der Waals surface area contributed by atoms with E-state index < -0.39 is 6.04 Å². The minimum Gasteiger partial charge on any atom is -0.486 e. The number of nitrogens with zero attached hydrogens (tertiary/aromatic N) is 1. The maximum absolute atomic E-state index is 13.4. The Bertz CT molecular complexity index is 1060. The number of halogens is 2. The highest BCUT2D eigenvalue weighted by Crippen LogP contribution is 2.31. The van der Waals surface area contributed by atoms with Gasteiger partial charge in [0.1, 0.15) is 19.3 Å². The van der Waals surface area contributed by atoms with Crippen LogP contribution in [-0.2, 0) is 22.6 Å². The van der Waals surface area contributed by atoms with E-state index in [0.717, 1.165) is 42.6 Å². The normalized spacial score (nSPS) is 16.4. The van der Waals surface area contributed by atoms with Crippen molar-refractivity contribution in [3.05, 3.63) is 57.6 Å². The number of rotatable bonds is 8. The highest BCUT2D eigenvalue weighted by molar-refractivity contribution is 6.35. The lowest BCUT2D eigenvalue weighted by Gasteiger charge is -2.31. The molecule has 2 aromatic carbocycles. The van der Waals surface area contributed by atoms with Crippen LogP contribution >= 0.6 is 23.2 Å². The molecule has 0 unspecified atom stereocenters. The Labute approximate surface area is 216 Å². The number of amides is 2. The molecule has 0 bridgehead atoms. The molecule has 4 rings (SSSR count). The van der Waals surface area contributed by atoms with Gasteiger partial charge >= 0.3 is 0 Å². The van der Waals surface area contributed by atoms with Gasteiger partial charge in [0.2, 0.25) is 11.8 Å². The molecule has 2 aromatic rings. The zero-order valence-electron chi connectivity index (χ0n) is 20.0. The molecule has 0 aromatic heterocycles. The number of hydrogen-bond donors (Lipinski definition) is 1. The van der Waals surface area contributed by atoms with E-state index in [-0.39, 0.29) is 30.8 Å². The fourth-order valence-electron chi connectivity index (χ4n) is 4.62. The lowest BCUT2D eigenvalue weighted by Crippen LogP contribution is -2.50. The standard InChI is InChI=1S/C27H32Cl2N2O4/c1-18(27(33)30-22-5-3-2-4-6-22)31(17-20-9-10-21(28)16-23(20)29)26(32)12-8-19-7-11-24-25(15-19)35-14-13-34-24/h7,9-11,15-16,18,22H,2-6,8,12-14,17H2,1H3,(H,30,33)/t18-/m1/s1. The minimum absolute atomic E-state index is 0.114. The summed E-state index contributed by atoms with van der Waals surface area (Å²) < 4.78 is 11.2. The van der Waals surface area contributed by atoms with E-state index in [0.29, 0.717) is 35.4 Å². The van der Waals surface area contributed by atoms with Gasteiger partial charge in [0.15, 0.2) is 11.5 Å². The van der Waals surface area contributed by atoms with Gasteiger partial charge in [-0.2, -0.15) is 0 Å². The molecule has 1 fully saturated rings. The van der Waals surface area contributed by atoms with Gasteiger partial charge in [0.25, 0.3) is 0 Å². The molecule has 6 nitrogen and oxygen atoms in total. The van der Waals surface area contributed by atoms with Crippen LogP contribution < -0.4 is 14.8 Å². The smallest absolute Gasteiger partial charge is 0.242 e. The van der Waals surface area contributed by atoms with Crippen LogP contribution in [0, 0.1) is 0 Å². The molecule has 0 spiro atoms. The van der Waals surface area contributed by atoms with Crippen LogP contribution in [0.1, 0.15) is 56.6 Å². The molecule has 1 atom stereocenters. The number of carbonyl (C=O) groups excluding carboxylic acids is 2. The first-order valence-corrected chi connectivity index (χ1v) is 13.1. The highest BCUT2D eigenvalue weighted by Gasteiger charge is 2.28. The third-order valence-electron chi connectivity index (χ3n) is 6.71. The molecule has 1 saturated carbocycles. The minimum atomic E-state index is -0.628. The van der Waals surface area contributed by atoms with Gasteiger partial charge in [0, 0.05) is 29.1 Å². The van der Waals surface area contributed by atoms with Crippen molar-refractivity contribution in [2.75, 3.05) is 13.2 Å². The summed E-state index contributed by atoms with van der Waals surface area (Å²) in [4.78, 5) is 28.2. The SMILES string of the molecule is C[C@H](C(=O)NC1CCCCC1)N(Cc1ccc(Cl)cc1Cl)C(=O)CCc1ccc2c(c1)OCCO2. The van der Waals surface area contributed by atoms with E-state index >= 15 is 0 Å². The van der Waals surface area contributed by atoms with E-state index in [1.165, 1.54) is 6.42 Å². The summed E-state index contributed by atoms with van der Waals surface area (Å²) in [6.07, 6.45) is 6.21. The molecule has 188 valence electrons. The first kappa shape index (κ1) is 25.6. The highest BCUT2D eigenvalue weighted by atomic mass is 35.5. The Morgan fingerprint density at radius 2 is 1.77 bits per heavy atom. The van der Waals surface area contributed by atoms with Crippen molar-refractivity contribution in [1.29, 1.82) is 0 Å². The summed E-state index contributed by atoms with van der Waals surface area (Å²) in [5, 5.41) is 4.15. The van der Waals surface area contributed by atoms with E-state index in [2.05, 4.69) is 5.32 Å². The largest absolute Gasteiger partial charge is 0.486 e. The van der Waals surface area contributed by atoms with Gasteiger partial charge < -0.3 is 19.7 Å². The summed E-state index contributed by atoms with van der Waals surface area (Å²) >= 11 is 12.5. The second kappa shape index (κ2) is 12.0. The summed E-state index contributed by atoms with van der Waals surface area (Å²) in [5.74, 6) is 1.18. The van der Waals surface area contributed by atoms with Crippen LogP contribution in [0.4, 0.5) is 0 Å². The second-order valence-electron chi connectivity index (χ2n) is 9.25. The number of fused-ring (bicyclic) bond motifs is 1. The average molecular weight is 519 g/mol. The molecule has 2 amide bonds. The monoisotopic (exact) mass is 518 g/mol. The van der Waals surface area contributed by atoms with E-state index in [4.69, 9.17) is 32.7 Å². The van der Waals surface area contributed by atoms with Crippen LogP contribution in [-0.4, -0.2) is 42.0 Å². The van der Waals surface area contributed by atoms with Crippen LogP contribution in [0.15, 0.2) is 36.4 Å². The van der Waals surface area contributed by atoms with Crippen molar-refractivity contribution in [3.8, 4) is 11.5 Å². The number of ether oxygens (including phenoxy) is 2. The summed E-state index contributed by atoms with van der Waals surface area (Å²) in [5.41, 5.74) is 1.73. The topological polar surface area (TPSA) is 67.9 Å². The number of aryl methyl sites for hydroxylation is 1. The van der Waals surface area contributed by atoms with Gasteiger partial charge in [-0.25, -0.2) is 0 Å². The predicted octanol–water partition coefficient (Wildman–Crippen LogP) is 5.56. The van der Waals surface area contributed by atoms with Crippen molar-refractivity contribution in [2.24, 2.45) is 0 Å². The Hall–Kier alpha value is -2.44. The fourth-order valence-corrected chi connectivity index (χ4v) is 5.09. The summed E-state index contributed by atoms with van der Waals surface area (Å²) in [6, 6.07) is 10.5. The van der Waals surface area contributed by atoms with Gasteiger partial charge in [-0.1, -0.05) is 54.6 Å². The fraction of sp³-hybridized carbons (Fsp3) is 0.481. The molecule has 1 heterocycles. The zero-order chi connectivity index (χ0) is 24.8. The molecular weight excluding hydrogens is 487 g/mol. The van der Waals surface area contributed by atoms with Crippen molar-refractivity contribution in [2.45, 2.75) is 70.5 Å². The Morgan fingerprint density at radius 1 is 1.03 bits per heavy atom. The first-order valence-electron chi connectivity index (χ1n) is 12.3. The third-order valence-corrected chi connectivity index (χ3v) is 7.30. The maximum atomic E-state index is 13.4. The van der Waals surface area contributed by atoms with E-state index in [9.17, 15) is 9.59 Å². The van der Waals surface area contributed by atoms with Gasteiger partial charge in [-0.15, -0.1) is 0 Å². The molecule has 1 aliphatic carbocycles.